The van der Waals surface area contributed by atoms with Crippen LogP contribution >= 0.6 is 0 Å². The van der Waals surface area contributed by atoms with Crippen LogP contribution in [0.2, 0.25) is 0 Å². The molecule has 0 rings (SSSR count). The quantitative estimate of drug-likeness (QED) is 0.780. The maximum atomic E-state index is 12.2. The predicted octanol–water partition coefficient (Wildman–Crippen LogP) is 0.748. The van der Waals surface area contributed by atoms with Crippen molar-refractivity contribution in [1.29, 1.82) is 0 Å². The number of aliphatic carboxylic acids is 1. The average Bonchev–Trinajstić information content (AvgIpc) is 2.25. The lowest BCUT2D eigenvalue weighted by atomic mass is 10.1. The maximum Gasteiger partial charge on any atom is 0.318 e. The predicted molar refractivity (Wildman–Crippen MR) is 75.4 cm³/mol. The number of amides is 3. The fraction of sp³-hybridized carbons (Fsp3) is 0.769. The van der Waals surface area contributed by atoms with E-state index in [1.54, 1.807) is 21.0 Å². The summed E-state index contributed by atoms with van der Waals surface area (Å²) in [5.74, 6) is -1.19. The van der Waals surface area contributed by atoms with Gasteiger partial charge in [-0.3, -0.25) is 9.59 Å². The summed E-state index contributed by atoms with van der Waals surface area (Å²) in [5, 5.41) is 11.3. The third kappa shape index (κ3) is 5.90. The van der Waals surface area contributed by atoms with Crippen LogP contribution in [-0.4, -0.2) is 65.0 Å². The molecule has 116 valence electrons. The van der Waals surface area contributed by atoms with Gasteiger partial charge in [-0.05, 0) is 27.7 Å². The summed E-state index contributed by atoms with van der Waals surface area (Å²) in [6.07, 6.45) is -0.138. The molecule has 0 radical (unpaired) electrons. The second kappa shape index (κ2) is 7.12. The molecule has 20 heavy (non-hydrogen) atoms. The summed E-state index contributed by atoms with van der Waals surface area (Å²) < 4.78 is 0. The van der Waals surface area contributed by atoms with E-state index < -0.39 is 23.6 Å². The van der Waals surface area contributed by atoms with Gasteiger partial charge in [-0.1, -0.05) is 0 Å². The minimum absolute atomic E-state index is 0.0908. The SMILES string of the molecule is CC(NC(=O)N(CCC(=O)O)C(C)(C)C)C(=O)N(C)C. The molecule has 0 fully saturated rings. The third-order valence-electron chi connectivity index (χ3n) is 2.76. The third-order valence-corrected chi connectivity index (χ3v) is 2.76. The molecule has 0 aliphatic heterocycles. The van der Waals surface area contributed by atoms with Crippen LogP contribution in [-0.2, 0) is 9.59 Å². The number of nitrogens with one attached hydrogen (secondary N) is 1. The minimum atomic E-state index is -0.968. The number of carbonyl (C=O) groups excluding carboxylic acids is 2. The number of rotatable bonds is 5. The fourth-order valence-electron chi connectivity index (χ4n) is 1.66. The van der Waals surface area contributed by atoms with Crippen LogP contribution in [0, 0.1) is 0 Å². The Hall–Kier alpha value is -1.79. The molecular weight excluding hydrogens is 262 g/mol. The molecule has 0 aromatic rings. The zero-order chi connectivity index (χ0) is 16.1. The van der Waals surface area contributed by atoms with Gasteiger partial charge in [0.1, 0.15) is 6.04 Å². The van der Waals surface area contributed by atoms with Crippen molar-refractivity contribution in [2.75, 3.05) is 20.6 Å². The van der Waals surface area contributed by atoms with Gasteiger partial charge in [0.2, 0.25) is 5.91 Å². The van der Waals surface area contributed by atoms with E-state index in [1.807, 2.05) is 20.8 Å². The largest absolute Gasteiger partial charge is 0.481 e. The van der Waals surface area contributed by atoms with E-state index in [2.05, 4.69) is 5.32 Å². The van der Waals surface area contributed by atoms with Gasteiger partial charge in [-0.15, -0.1) is 0 Å². The Morgan fingerprint density at radius 3 is 2.05 bits per heavy atom. The Morgan fingerprint density at radius 1 is 1.20 bits per heavy atom. The van der Waals surface area contributed by atoms with Crippen LogP contribution < -0.4 is 5.32 Å². The highest BCUT2D eigenvalue weighted by molar-refractivity contribution is 5.86. The lowest BCUT2D eigenvalue weighted by Gasteiger charge is -2.36. The first-order valence-electron chi connectivity index (χ1n) is 6.48. The fourth-order valence-corrected chi connectivity index (χ4v) is 1.66. The molecule has 0 aromatic heterocycles. The number of carbonyl (C=O) groups is 3. The van der Waals surface area contributed by atoms with Crippen molar-refractivity contribution in [3.05, 3.63) is 0 Å². The average molecular weight is 287 g/mol. The Labute approximate surface area is 119 Å². The smallest absolute Gasteiger partial charge is 0.318 e. The second-order valence-corrected chi connectivity index (χ2v) is 5.87. The maximum absolute atomic E-state index is 12.2. The molecule has 3 amide bonds. The van der Waals surface area contributed by atoms with Crippen LogP contribution in [0.25, 0.3) is 0 Å². The highest BCUT2D eigenvalue weighted by Crippen LogP contribution is 2.14. The van der Waals surface area contributed by atoms with Crippen LogP contribution in [0.1, 0.15) is 34.1 Å². The number of carboxylic acid groups (broad SMARTS) is 1. The van der Waals surface area contributed by atoms with E-state index in [4.69, 9.17) is 5.11 Å². The number of likely N-dealkylation sites (N-methyl/N-ethyl adjacent to an activating group) is 1. The Bertz CT molecular complexity index is 374. The Morgan fingerprint density at radius 2 is 1.70 bits per heavy atom. The highest BCUT2D eigenvalue weighted by atomic mass is 16.4. The summed E-state index contributed by atoms with van der Waals surface area (Å²) in [6.45, 7) is 7.12. The van der Waals surface area contributed by atoms with E-state index >= 15 is 0 Å². The molecule has 7 nitrogen and oxygen atoms in total. The first kappa shape index (κ1) is 18.2. The van der Waals surface area contributed by atoms with Gasteiger partial charge in [-0.2, -0.15) is 0 Å². The summed E-state index contributed by atoms with van der Waals surface area (Å²) in [4.78, 5) is 37.4. The summed E-state index contributed by atoms with van der Waals surface area (Å²) >= 11 is 0. The van der Waals surface area contributed by atoms with E-state index in [9.17, 15) is 14.4 Å². The van der Waals surface area contributed by atoms with Crippen LogP contribution in [0.3, 0.4) is 0 Å². The lowest BCUT2D eigenvalue weighted by molar-refractivity contribution is -0.137. The number of urea groups is 1. The first-order chi connectivity index (χ1) is 8.96. The number of hydrogen-bond acceptors (Lipinski definition) is 3. The molecule has 1 atom stereocenters. The Kier molecular flexibility index (Phi) is 6.48. The van der Waals surface area contributed by atoms with Crippen molar-refractivity contribution in [2.45, 2.75) is 45.7 Å². The van der Waals surface area contributed by atoms with Crippen LogP contribution in [0.5, 0.6) is 0 Å². The van der Waals surface area contributed by atoms with E-state index in [-0.39, 0.29) is 18.9 Å². The van der Waals surface area contributed by atoms with Crippen molar-refractivity contribution in [3.8, 4) is 0 Å². The normalized spacial score (nSPS) is 12.5. The van der Waals surface area contributed by atoms with Gasteiger partial charge in [0.25, 0.3) is 0 Å². The van der Waals surface area contributed by atoms with E-state index in [0.29, 0.717) is 0 Å². The monoisotopic (exact) mass is 287 g/mol. The molecule has 2 N–H and O–H groups in total. The summed E-state index contributed by atoms with van der Waals surface area (Å²) in [5.41, 5.74) is -0.527. The summed E-state index contributed by atoms with van der Waals surface area (Å²) in [7, 11) is 3.22. The van der Waals surface area contributed by atoms with Crippen LogP contribution in [0.15, 0.2) is 0 Å². The van der Waals surface area contributed by atoms with E-state index in [0.717, 1.165) is 0 Å². The van der Waals surface area contributed by atoms with Gasteiger partial charge < -0.3 is 20.2 Å². The zero-order valence-electron chi connectivity index (χ0n) is 13.1. The van der Waals surface area contributed by atoms with Crippen molar-refractivity contribution >= 4 is 17.9 Å². The van der Waals surface area contributed by atoms with Gasteiger partial charge in [0, 0.05) is 26.2 Å². The van der Waals surface area contributed by atoms with E-state index in [1.165, 1.54) is 9.80 Å². The van der Waals surface area contributed by atoms with Crippen molar-refractivity contribution in [1.82, 2.24) is 15.1 Å². The van der Waals surface area contributed by atoms with Gasteiger partial charge >= 0.3 is 12.0 Å². The van der Waals surface area contributed by atoms with Crippen molar-refractivity contribution in [3.63, 3.8) is 0 Å². The standard InChI is InChI=1S/C13H25N3O4/c1-9(11(19)15(5)6)14-12(20)16(13(2,3)4)8-7-10(17)18/h9H,7-8H2,1-6H3,(H,14,20)(H,17,18). The Balaban J connectivity index is 4.80. The van der Waals surface area contributed by atoms with Crippen LogP contribution in [0.4, 0.5) is 4.79 Å². The molecule has 0 aromatic carbocycles. The molecule has 0 heterocycles. The van der Waals surface area contributed by atoms with Crippen molar-refractivity contribution in [2.24, 2.45) is 0 Å². The molecule has 7 heteroatoms. The number of carboxylic acids is 1. The molecule has 0 bridgehead atoms. The molecular formula is C13H25N3O4. The molecule has 0 aliphatic carbocycles. The molecule has 0 aliphatic rings. The lowest BCUT2D eigenvalue weighted by Crippen LogP contribution is -2.55. The van der Waals surface area contributed by atoms with Gasteiger partial charge in [-0.25, -0.2) is 4.79 Å². The highest BCUT2D eigenvalue weighted by Gasteiger charge is 2.29. The molecule has 0 spiro atoms. The zero-order valence-corrected chi connectivity index (χ0v) is 13.1. The topological polar surface area (TPSA) is 90.0 Å². The first-order valence-corrected chi connectivity index (χ1v) is 6.48. The van der Waals surface area contributed by atoms with Crippen molar-refractivity contribution < 1.29 is 19.5 Å². The molecule has 0 saturated heterocycles. The minimum Gasteiger partial charge on any atom is -0.481 e. The summed E-state index contributed by atoms with van der Waals surface area (Å²) in [6, 6.07) is -1.10. The second-order valence-electron chi connectivity index (χ2n) is 5.87. The van der Waals surface area contributed by atoms with Gasteiger partial charge in [0.15, 0.2) is 0 Å². The number of hydrogen-bond donors (Lipinski definition) is 2. The molecule has 0 saturated carbocycles. The molecule has 1 unspecified atom stereocenters. The number of nitrogens with zero attached hydrogens (tertiary/aromatic N) is 2. The van der Waals surface area contributed by atoms with Gasteiger partial charge in [0.05, 0.1) is 6.42 Å².